The van der Waals surface area contributed by atoms with Crippen molar-refractivity contribution in [1.29, 1.82) is 0 Å². The fraction of sp³-hybridized carbons (Fsp3) is 0.471. The van der Waals surface area contributed by atoms with Crippen LogP contribution in [0.15, 0.2) is 30.3 Å². The fourth-order valence-corrected chi connectivity index (χ4v) is 2.44. The molecule has 0 spiro atoms. The maximum absolute atomic E-state index is 11.9. The van der Waals surface area contributed by atoms with Crippen LogP contribution in [0.4, 0.5) is 0 Å². The van der Waals surface area contributed by atoms with Crippen LogP contribution in [0.5, 0.6) is 0 Å². The number of carbonyl (C=O) groups excluding carboxylic acids is 3. The van der Waals surface area contributed by atoms with Crippen LogP contribution in [0.1, 0.15) is 37.7 Å². The second-order valence-corrected chi connectivity index (χ2v) is 5.50. The second-order valence-electron chi connectivity index (χ2n) is 5.50. The van der Waals surface area contributed by atoms with Gasteiger partial charge in [-0.3, -0.25) is 14.4 Å². The Morgan fingerprint density at radius 2 is 1.82 bits per heavy atom. The van der Waals surface area contributed by atoms with Crippen molar-refractivity contribution in [3.05, 3.63) is 35.9 Å². The topological polar surface area (TPSA) is 72.5 Å². The van der Waals surface area contributed by atoms with E-state index in [4.69, 9.17) is 4.74 Å². The highest BCUT2D eigenvalue weighted by molar-refractivity contribution is 5.84. The van der Waals surface area contributed by atoms with Crippen LogP contribution in [0.3, 0.4) is 0 Å². The molecule has 118 valence electrons. The van der Waals surface area contributed by atoms with E-state index in [0.29, 0.717) is 25.7 Å². The number of carbonyl (C=O) groups is 3. The van der Waals surface area contributed by atoms with E-state index in [1.165, 1.54) is 0 Å². The first-order chi connectivity index (χ1) is 10.6. The number of hydrogen-bond acceptors (Lipinski definition) is 4. The summed E-state index contributed by atoms with van der Waals surface area (Å²) in [6.07, 6.45) is 2.35. The lowest BCUT2D eigenvalue weighted by Crippen LogP contribution is -2.34. The molecular weight excluding hydrogens is 282 g/mol. The smallest absolute Gasteiger partial charge is 0.307 e. The number of benzene rings is 1. The van der Waals surface area contributed by atoms with Crippen molar-refractivity contribution in [3.63, 3.8) is 0 Å². The lowest BCUT2D eigenvalue weighted by Gasteiger charge is -2.19. The van der Waals surface area contributed by atoms with E-state index in [1.807, 2.05) is 30.3 Å². The normalized spacial score (nSPS) is 15.4. The van der Waals surface area contributed by atoms with Crippen LogP contribution in [-0.4, -0.2) is 24.2 Å². The van der Waals surface area contributed by atoms with Gasteiger partial charge in [-0.05, 0) is 18.4 Å². The molecule has 0 atom stereocenters. The number of ketones is 1. The Kier molecular flexibility index (Phi) is 6.13. The van der Waals surface area contributed by atoms with Crippen LogP contribution in [0, 0.1) is 5.92 Å². The zero-order valence-corrected chi connectivity index (χ0v) is 12.5. The lowest BCUT2D eigenvalue weighted by molar-refractivity contribution is -0.144. The first-order valence-corrected chi connectivity index (χ1v) is 7.64. The number of nitrogens with one attached hydrogen (secondary N) is 1. The molecule has 0 bridgehead atoms. The van der Waals surface area contributed by atoms with Gasteiger partial charge in [0, 0.05) is 25.3 Å². The molecule has 1 fully saturated rings. The Labute approximate surface area is 130 Å². The highest BCUT2D eigenvalue weighted by Gasteiger charge is 2.24. The predicted octanol–water partition coefficient (Wildman–Crippen LogP) is 2.00. The molecule has 5 heteroatoms. The summed E-state index contributed by atoms with van der Waals surface area (Å²) >= 11 is 0. The third-order valence-electron chi connectivity index (χ3n) is 3.79. The van der Waals surface area contributed by atoms with Crippen molar-refractivity contribution in [2.24, 2.45) is 5.92 Å². The SMILES string of the molecule is O=C1CCC(C(=O)NCCC(=O)OCc2ccccc2)CC1. The van der Waals surface area contributed by atoms with E-state index in [1.54, 1.807) is 0 Å². The van der Waals surface area contributed by atoms with Crippen LogP contribution in [-0.2, 0) is 25.7 Å². The standard InChI is InChI=1S/C17H21NO4/c19-15-8-6-14(7-9-15)17(21)18-11-10-16(20)22-12-13-4-2-1-3-5-13/h1-5,14H,6-12H2,(H,18,21). The van der Waals surface area contributed by atoms with E-state index in [0.717, 1.165) is 5.56 Å². The molecule has 1 aromatic rings. The average Bonchev–Trinajstić information content (AvgIpc) is 2.54. The molecule has 0 unspecified atom stereocenters. The summed E-state index contributed by atoms with van der Waals surface area (Å²) in [4.78, 5) is 34.6. The Bertz CT molecular complexity index is 517. The molecule has 5 nitrogen and oxygen atoms in total. The van der Waals surface area contributed by atoms with Gasteiger partial charge in [0.05, 0.1) is 6.42 Å². The van der Waals surface area contributed by atoms with Crippen LogP contribution in [0.2, 0.25) is 0 Å². The fourth-order valence-electron chi connectivity index (χ4n) is 2.44. The summed E-state index contributed by atoms with van der Waals surface area (Å²) < 4.78 is 5.13. The van der Waals surface area contributed by atoms with Crippen LogP contribution < -0.4 is 5.32 Å². The van der Waals surface area contributed by atoms with Crippen molar-refractivity contribution in [1.82, 2.24) is 5.32 Å². The third-order valence-corrected chi connectivity index (χ3v) is 3.79. The van der Waals surface area contributed by atoms with Crippen molar-refractivity contribution >= 4 is 17.7 Å². The van der Waals surface area contributed by atoms with Crippen molar-refractivity contribution in [3.8, 4) is 0 Å². The predicted molar refractivity (Wildman–Crippen MR) is 80.8 cm³/mol. The van der Waals surface area contributed by atoms with Gasteiger partial charge in [0.15, 0.2) is 0 Å². The molecule has 0 saturated heterocycles. The van der Waals surface area contributed by atoms with E-state index in [9.17, 15) is 14.4 Å². The molecule has 22 heavy (non-hydrogen) atoms. The molecule has 1 aromatic carbocycles. The minimum Gasteiger partial charge on any atom is -0.461 e. The molecule has 1 aliphatic carbocycles. The second kappa shape index (κ2) is 8.32. The number of rotatable bonds is 6. The molecule has 0 radical (unpaired) electrons. The molecule has 1 N–H and O–H groups in total. The maximum Gasteiger partial charge on any atom is 0.307 e. The van der Waals surface area contributed by atoms with Crippen LogP contribution in [0.25, 0.3) is 0 Å². The highest BCUT2D eigenvalue weighted by Crippen LogP contribution is 2.21. The van der Waals surface area contributed by atoms with Gasteiger partial charge < -0.3 is 10.1 Å². The van der Waals surface area contributed by atoms with Crippen molar-refractivity contribution < 1.29 is 19.1 Å². The van der Waals surface area contributed by atoms with Gasteiger partial charge in [-0.1, -0.05) is 30.3 Å². The van der Waals surface area contributed by atoms with Gasteiger partial charge in [0.1, 0.15) is 12.4 Å². The minimum absolute atomic E-state index is 0.0663. The molecule has 2 rings (SSSR count). The first-order valence-electron chi connectivity index (χ1n) is 7.64. The Morgan fingerprint density at radius 1 is 1.14 bits per heavy atom. The zero-order chi connectivity index (χ0) is 15.8. The van der Waals surface area contributed by atoms with Crippen molar-refractivity contribution in [2.75, 3.05) is 6.54 Å². The van der Waals surface area contributed by atoms with E-state index < -0.39 is 0 Å². The van der Waals surface area contributed by atoms with Gasteiger partial charge in [-0.15, -0.1) is 0 Å². The summed E-state index contributed by atoms with van der Waals surface area (Å²) in [5.74, 6) is -0.266. The van der Waals surface area contributed by atoms with Gasteiger partial charge in [-0.25, -0.2) is 0 Å². The molecular formula is C17H21NO4. The summed E-state index contributed by atoms with van der Waals surface area (Å²) in [6.45, 7) is 0.523. The Morgan fingerprint density at radius 3 is 2.50 bits per heavy atom. The zero-order valence-electron chi connectivity index (χ0n) is 12.5. The lowest BCUT2D eigenvalue weighted by atomic mass is 9.88. The number of hydrogen-bond donors (Lipinski definition) is 1. The highest BCUT2D eigenvalue weighted by atomic mass is 16.5. The van der Waals surface area contributed by atoms with E-state index in [2.05, 4.69) is 5.32 Å². The summed E-state index contributed by atoms with van der Waals surface area (Å²) in [6, 6.07) is 9.45. The quantitative estimate of drug-likeness (QED) is 0.816. The molecule has 1 aliphatic rings. The van der Waals surface area contributed by atoms with Gasteiger partial charge in [0.25, 0.3) is 0 Å². The molecule has 1 amide bonds. The Hall–Kier alpha value is -2.17. The van der Waals surface area contributed by atoms with Crippen LogP contribution >= 0.6 is 0 Å². The molecule has 1 saturated carbocycles. The van der Waals surface area contributed by atoms with E-state index >= 15 is 0 Å². The largest absolute Gasteiger partial charge is 0.461 e. The number of amides is 1. The summed E-state index contributed by atoms with van der Waals surface area (Å²) in [5, 5.41) is 2.75. The monoisotopic (exact) mass is 303 g/mol. The first kappa shape index (κ1) is 16.2. The molecule has 0 heterocycles. The average molecular weight is 303 g/mol. The summed E-state index contributed by atoms with van der Waals surface area (Å²) in [5.41, 5.74) is 0.937. The number of Topliss-reactive ketones (excluding diaryl/α,β-unsaturated/α-hetero) is 1. The van der Waals surface area contributed by atoms with Crippen molar-refractivity contribution in [2.45, 2.75) is 38.7 Å². The van der Waals surface area contributed by atoms with Gasteiger partial charge >= 0.3 is 5.97 Å². The van der Waals surface area contributed by atoms with Gasteiger partial charge in [0.2, 0.25) is 5.91 Å². The van der Waals surface area contributed by atoms with E-state index in [-0.39, 0.29) is 43.2 Å². The summed E-state index contributed by atoms with van der Waals surface area (Å²) in [7, 11) is 0. The maximum atomic E-state index is 11.9. The number of ether oxygens (including phenoxy) is 1. The Balaban J connectivity index is 1.60. The molecule has 0 aromatic heterocycles. The number of esters is 1. The minimum atomic E-state index is -0.331. The molecule has 0 aliphatic heterocycles. The van der Waals surface area contributed by atoms with Gasteiger partial charge in [-0.2, -0.15) is 0 Å². The third kappa shape index (κ3) is 5.31.